The fourth-order valence-corrected chi connectivity index (χ4v) is 3.16. The summed E-state index contributed by atoms with van der Waals surface area (Å²) in [7, 11) is 0. The Labute approximate surface area is 159 Å². The summed E-state index contributed by atoms with van der Waals surface area (Å²) in [4.78, 5) is 27.9. The predicted octanol–water partition coefficient (Wildman–Crippen LogP) is 4.08. The van der Waals surface area contributed by atoms with Crippen LogP contribution < -0.4 is 10.1 Å². The van der Waals surface area contributed by atoms with Crippen LogP contribution >= 0.6 is 0 Å². The molecule has 2 rings (SSSR count). The van der Waals surface area contributed by atoms with Gasteiger partial charge in [0.1, 0.15) is 11.8 Å². The largest absolute Gasteiger partial charge is 0.480 e. The molecule has 6 nitrogen and oxygen atoms in total. The van der Waals surface area contributed by atoms with Crippen molar-refractivity contribution in [3.8, 4) is 5.75 Å². The summed E-state index contributed by atoms with van der Waals surface area (Å²) in [6, 6.07) is 6.24. The number of hydrogen-bond acceptors (Lipinski definition) is 4. The van der Waals surface area contributed by atoms with E-state index in [-0.39, 0.29) is 11.3 Å². The van der Waals surface area contributed by atoms with Crippen molar-refractivity contribution in [2.75, 3.05) is 0 Å². The number of nitrogens with one attached hydrogen (secondary N) is 1. The van der Waals surface area contributed by atoms with Gasteiger partial charge < -0.3 is 15.2 Å². The maximum Gasteiger partial charge on any atom is 0.413 e. The molecule has 0 saturated heterocycles. The van der Waals surface area contributed by atoms with Gasteiger partial charge in [0.05, 0.1) is 5.41 Å². The fraction of sp³-hybridized carbons (Fsp3) is 0.381. The Balaban J connectivity index is 2.25. The molecule has 0 aliphatic carbocycles. The van der Waals surface area contributed by atoms with E-state index < -0.39 is 18.1 Å². The van der Waals surface area contributed by atoms with Gasteiger partial charge in [0.15, 0.2) is 0 Å². The second-order valence-corrected chi connectivity index (χ2v) is 6.86. The first-order valence-corrected chi connectivity index (χ1v) is 9.01. The minimum atomic E-state index is -1.09. The average molecular weight is 370 g/mol. The number of carboxylic acids is 1. The Morgan fingerprint density at radius 3 is 2.67 bits per heavy atom. The van der Waals surface area contributed by atoms with Crippen LogP contribution in [0.25, 0.3) is 0 Å². The van der Waals surface area contributed by atoms with Crippen LogP contribution in [-0.2, 0) is 10.2 Å². The average Bonchev–Trinajstić information content (AvgIpc) is 2.81. The van der Waals surface area contributed by atoms with E-state index >= 15 is 0 Å². The van der Waals surface area contributed by atoms with E-state index in [0.717, 1.165) is 17.7 Å². The number of ether oxygens (including phenoxy) is 1. The summed E-state index contributed by atoms with van der Waals surface area (Å²) < 4.78 is 5.34. The Bertz CT molecular complexity index is 795. The molecule has 0 aromatic heterocycles. The number of rotatable bonds is 6. The molecular weight excluding hydrogens is 344 g/mol. The minimum Gasteiger partial charge on any atom is -0.480 e. The van der Waals surface area contributed by atoms with E-state index in [1.165, 1.54) is 0 Å². The fourth-order valence-electron chi connectivity index (χ4n) is 3.16. The summed E-state index contributed by atoms with van der Waals surface area (Å²) in [5, 5.41) is 11.6. The van der Waals surface area contributed by atoms with Crippen LogP contribution in [-0.4, -0.2) is 28.9 Å². The number of hydrogen-bond donors (Lipinski definition) is 2. The summed E-state index contributed by atoms with van der Waals surface area (Å²) in [6.45, 7) is 7.50. The van der Waals surface area contributed by atoms with Crippen molar-refractivity contribution in [2.24, 2.45) is 10.9 Å². The first kappa shape index (κ1) is 20.4. The highest BCUT2D eigenvalue weighted by Crippen LogP contribution is 2.34. The standard InChI is InChI=1S/C21H26N2O4/c1-5-21(11-6-7-12-22-15(21)4)16-9-8-10-17(13-16)27-20(26)23-18(14(2)3)19(24)25/h6-14,18H,5H2,1-4H3,(H,23,26)(H,24,25). The van der Waals surface area contributed by atoms with E-state index in [0.29, 0.717) is 5.75 Å². The molecule has 1 amide bonds. The highest BCUT2D eigenvalue weighted by atomic mass is 16.6. The van der Waals surface area contributed by atoms with Gasteiger partial charge in [-0.1, -0.05) is 45.1 Å². The van der Waals surface area contributed by atoms with Gasteiger partial charge in [0.2, 0.25) is 0 Å². The second-order valence-electron chi connectivity index (χ2n) is 6.86. The molecule has 1 aliphatic rings. The first-order valence-electron chi connectivity index (χ1n) is 9.01. The summed E-state index contributed by atoms with van der Waals surface area (Å²) in [5.74, 6) is -1.00. The minimum absolute atomic E-state index is 0.257. The van der Waals surface area contributed by atoms with Crippen LogP contribution in [0.15, 0.2) is 53.7 Å². The smallest absolute Gasteiger partial charge is 0.413 e. The van der Waals surface area contributed by atoms with Gasteiger partial charge in [0, 0.05) is 11.9 Å². The number of carbonyl (C=O) groups excluding carboxylic acids is 1. The van der Waals surface area contributed by atoms with Gasteiger partial charge in [0.25, 0.3) is 0 Å². The molecule has 0 saturated carbocycles. The van der Waals surface area contributed by atoms with Gasteiger partial charge in [-0.25, -0.2) is 9.59 Å². The highest BCUT2D eigenvalue weighted by molar-refractivity contribution is 5.96. The zero-order valence-corrected chi connectivity index (χ0v) is 16.1. The third kappa shape index (κ3) is 4.64. The summed E-state index contributed by atoms with van der Waals surface area (Å²) in [6.07, 6.45) is 7.70. The van der Waals surface area contributed by atoms with Crippen molar-refractivity contribution < 1.29 is 19.4 Å². The quantitative estimate of drug-likeness (QED) is 0.790. The lowest BCUT2D eigenvalue weighted by Crippen LogP contribution is -2.45. The third-order valence-corrected chi connectivity index (χ3v) is 4.82. The van der Waals surface area contributed by atoms with Crippen molar-refractivity contribution in [2.45, 2.75) is 45.6 Å². The van der Waals surface area contributed by atoms with Crippen LogP contribution in [0.3, 0.4) is 0 Å². The van der Waals surface area contributed by atoms with Gasteiger partial charge in [-0.05, 0) is 43.0 Å². The summed E-state index contributed by atoms with van der Waals surface area (Å²) >= 11 is 0. The molecule has 1 aromatic carbocycles. The maximum atomic E-state index is 12.1. The van der Waals surface area contributed by atoms with Gasteiger partial charge >= 0.3 is 12.1 Å². The number of aliphatic imine (C=N–C) groups is 1. The molecule has 2 unspecified atom stereocenters. The van der Waals surface area contributed by atoms with E-state index in [4.69, 9.17) is 4.74 Å². The number of allylic oxidation sites excluding steroid dienone is 3. The van der Waals surface area contributed by atoms with Crippen molar-refractivity contribution >= 4 is 17.8 Å². The number of aliphatic carboxylic acids is 1. The molecule has 1 heterocycles. The Hall–Kier alpha value is -2.89. The first-order chi connectivity index (χ1) is 12.8. The van der Waals surface area contributed by atoms with Crippen molar-refractivity contribution in [3.05, 3.63) is 54.3 Å². The molecule has 0 fully saturated rings. The van der Waals surface area contributed by atoms with E-state index in [2.05, 4.69) is 23.3 Å². The Kier molecular flexibility index (Phi) is 6.55. The monoisotopic (exact) mass is 370 g/mol. The summed E-state index contributed by atoms with van der Waals surface area (Å²) in [5.41, 5.74) is 1.51. The van der Waals surface area contributed by atoms with Crippen LogP contribution in [0.2, 0.25) is 0 Å². The SMILES string of the molecule is CCC1(c2cccc(OC(=O)NC(C(=O)O)C(C)C)c2)C=CC=CN=C1C. The normalized spacial score (nSPS) is 20.0. The molecule has 1 aromatic rings. The molecule has 0 bridgehead atoms. The zero-order chi connectivity index (χ0) is 20.0. The van der Waals surface area contributed by atoms with Crippen molar-refractivity contribution in [3.63, 3.8) is 0 Å². The molecule has 0 radical (unpaired) electrons. The lowest BCUT2D eigenvalue weighted by molar-refractivity contribution is -0.140. The molecular formula is C21H26N2O4. The van der Waals surface area contributed by atoms with E-state index in [1.807, 2.05) is 31.2 Å². The highest BCUT2D eigenvalue weighted by Gasteiger charge is 2.32. The van der Waals surface area contributed by atoms with Crippen LogP contribution in [0.1, 0.15) is 39.7 Å². The third-order valence-electron chi connectivity index (χ3n) is 4.82. The maximum absolute atomic E-state index is 12.1. The number of nitrogens with zero attached hydrogens (tertiary/aromatic N) is 1. The molecule has 1 aliphatic heterocycles. The molecule has 2 N–H and O–H groups in total. The van der Waals surface area contributed by atoms with E-state index in [9.17, 15) is 14.7 Å². The van der Waals surface area contributed by atoms with Gasteiger partial charge in [-0.15, -0.1) is 0 Å². The van der Waals surface area contributed by atoms with Crippen LogP contribution in [0.4, 0.5) is 4.79 Å². The van der Waals surface area contributed by atoms with Crippen molar-refractivity contribution in [1.82, 2.24) is 5.32 Å². The molecule has 144 valence electrons. The van der Waals surface area contributed by atoms with Crippen LogP contribution in [0.5, 0.6) is 5.75 Å². The molecule has 27 heavy (non-hydrogen) atoms. The van der Waals surface area contributed by atoms with Crippen LogP contribution in [0, 0.1) is 5.92 Å². The van der Waals surface area contributed by atoms with E-state index in [1.54, 1.807) is 32.2 Å². The lowest BCUT2D eigenvalue weighted by Gasteiger charge is -2.30. The molecule has 0 spiro atoms. The second kappa shape index (κ2) is 8.66. The number of carbonyl (C=O) groups is 2. The molecule has 6 heteroatoms. The van der Waals surface area contributed by atoms with Crippen molar-refractivity contribution in [1.29, 1.82) is 0 Å². The molecule has 2 atom stereocenters. The van der Waals surface area contributed by atoms with Gasteiger partial charge in [-0.3, -0.25) is 4.99 Å². The zero-order valence-electron chi connectivity index (χ0n) is 16.1. The predicted molar refractivity (Wildman–Crippen MR) is 105 cm³/mol. The topological polar surface area (TPSA) is 88.0 Å². The van der Waals surface area contributed by atoms with Gasteiger partial charge in [-0.2, -0.15) is 0 Å². The number of amides is 1. The Morgan fingerprint density at radius 2 is 2.04 bits per heavy atom. The lowest BCUT2D eigenvalue weighted by atomic mass is 9.74. The Morgan fingerprint density at radius 1 is 1.30 bits per heavy atom. The number of benzene rings is 1. The number of carboxylic acid groups (broad SMARTS) is 1.